The van der Waals surface area contributed by atoms with Crippen LogP contribution in [0.3, 0.4) is 0 Å². The standard InChI is InChI=1S/C14H18N4O3/c1-3-14(4-2,13(20)21)9-16-12(19)10-7-17-18-6-5-15-8-11(10)18/h5-8H,3-4,9H2,1-2H3,(H,16,19)(H,20,21). The maximum Gasteiger partial charge on any atom is 0.311 e. The SMILES string of the molecule is CCC(CC)(CNC(=O)c1cnn2ccncc12)C(=O)O. The number of amides is 1. The zero-order chi connectivity index (χ0) is 15.5. The third-order valence-corrected chi connectivity index (χ3v) is 3.96. The molecule has 0 radical (unpaired) electrons. The Morgan fingerprint density at radius 2 is 2.05 bits per heavy atom. The van der Waals surface area contributed by atoms with E-state index in [2.05, 4.69) is 15.4 Å². The summed E-state index contributed by atoms with van der Waals surface area (Å²) in [6, 6.07) is 0. The van der Waals surface area contributed by atoms with E-state index in [0.717, 1.165) is 0 Å². The molecular formula is C14H18N4O3. The summed E-state index contributed by atoms with van der Waals surface area (Å²) < 4.78 is 1.55. The van der Waals surface area contributed by atoms with Crippen molar-refractivity contribution >= 4 is 17.4 Å². The fraction of sp³-hybridized carbons (Fsp3) is 0.429. The zero-order valence-electron chi connectivity index (χ0n) is 12.0. The highest BCUT2D eigenvalue weighted by molar-refractivity contribution is 6.00. The van der Waals surface area contributed by atoms with Crippen LogP contribution < -0.4 is 5.32 Å². The lowest BCUT2D eigenvalue weighted by Crippen LogP contribution is -2.42. The molecule has 1 amide bonds. The lowest BCUT2D eigenvalue weighted by Gasteiger charge is -2.26. The molecule has 0 aliphatic heterocycles. The number of carbonyl (C=O) groups is 2. The van der Waals surface area contributed by atoms with Gasteiger partial charge in [-0.25, -0.2) is 4.52 Å². The van der Waals surface area contributed by atoms with Gasteiger partial charge in [-0.15, -0.1) is 0 Å². The van der Waals surface area contributed by atoms with Gasteiger partial charge >= 0.3 is 5.97 Å². The van der Waals surface area contributed by atoms with Crippen LogP contribution in [-0.4, -0.2) is 38.1 Å². The predicted octanol–water partition coefficient (Wildman–Crippen LogP) is 1.35. The molecule has 0 aromatic carbocycles. The van der Waals surface area contributed by atoms with Gasteiger partial charge < -0.3 is 10.4 Å². The first-order valence-corrected chi connectivity index (χ1v) is 6.83. The highest BCUT2D eigenvalue weighted by Gasteiger charge is 2.35. The molecule has 0 fully saturated rings. The van der Waals surface area contributed by atoms with E-state index in [9.17, 15) is 14.7 Å². The van der Waals surface area contributed by atoms with E-state index in [4.69, 9.17) is 0 Å². The summed E-state index contributed by atoms with van der Waals surface area (Å²) in [5.74, 6) is -1.24. The number of nitrogens with one attached hydrogen (secondary N) is 1. The van der Waals surface area contributed by atoms with Crippen molar-refractivity contribution in [3.05, 3.63) is 30.4 Å². The Hall–Kier alpha value is -2.44. The molecule has 0 spiro atoms. The third kappa shape index (κ3) is 2.72. The van der Waals surface area contributed by atoms with Gasteiger partial charge in [-0.2, -0.15) is 5.10 Å². The highest BCUT2D eigenvalue weighted by atomic mass is 16.4. The molecule has 7 heteroatoms. The minimum atomic E-state index is -0.934. The van der Waals surface area contributed by atoms with Crippen LogP contribution in [0.15, 0.2) is 24.8 Å². The molecule has 21 heavy (non-hydrogen) atoms. The van der Waals surface area contributed by atoms with E-state index in [1.54, 1.807) is 23.1 Å². The number of carboxylic acid groups (broad SMARTS) is 1. The second-order valence-corrected chi connectivity index (χ2v) is 4.94. The number of rotatable bonds is 6. The summed E-state index contributed by atoms with van der Waals surface area (Å²) in [5.41, 5.74) is 0.0372. The topological polar surface area (TPSA) is 96.6 Å². The second-order valence-electron chi connectivity index (χ2n) is 4.94. The summed E-state index contributed by atoms with van der Waals surface area (Å²) in [4.78, 5) is 27.6. The summed E-state index contributed by atoms with van der Waals surface area (Å²) in [6.45, 7) is 3.71. The normalized spacial score (nSPS) is 11.5. The largest absolute Gasteiger partial charge is 0.481 e. The number of nitrogens with zero attached hydrogens (tertiary/aromatic N) is 3. The Morgan fingerprint density at radius 3 is 2.67 bits per heavy atom. The number of fused-ring (bicyclic) bond motifs is 1. The number of hydrogen-bond donors (Lipinski definition) is 2. The van der Waals surface area contributed by atoms with Gasteiger partial charge in [0.05, 0.1) is 28.9 Å². The average Bonchev–Trinajstić information content (AvgIpc) is 2.92. The van der Waals surface area contributed by atoms with Crippen LogP contribution >= 0.6 is 0 Å². The Morgan fingerprint density at radius 1 is 1.33 bits per heavy atom. The van der Waals surface area contributed by atoms with Crippen molar-refractivity contribution in [2.24, 2.45) is 5.41 Å². The molecule has 112 valence electrons. The van der Waals surface area contributed by atoms with E-state index in [0.29, 0.717) is 23.9 Å². The van der Waals surface area contributed by atoms with Crippen molar-refractivity contribution < 1.29 is 14.7 Å². The predicted molar refractivity (Wildman–Crippen MR) is 76.0 cm³/mol. The monoisotopic (exact) mass is 290 g/mol. The molecule has 2 rings (SSSR count). The summed E-state index contributed by atoms with van der Waals surface area (Å²) >= 11 is 0. The molecule has 0 aliphatic rings. The number of aliphatic carboxylic acids is 1. The molecule has 0 saturated carbocycles. The van der Waals surface area contributed by atoms with Gasteiger partial charge in [-0.05, 0) is 12.8 Å². The maximum absolute atomic E-state index is 12.2. The lowest BCUT2D eigenvalue weighted by atomic mass is 9.82. The van der Waals surface area contributed by atoms with Crippen LogP contribution in [0.1, 0.15) is 37.0 Å². The Bertz CT molecular complexity index is 661. The van der Waals surface area contributed by atoms with E-state index >= 15 is 0 Å². The number of carboxylic acids is 1. The molecule has 0 atom stereocenters. The van der Waals surface area contributed by atoms with Crippen LogP contribution in [0, 0.1) is 5.41 Å². The molecule has 0 bridgehead atoms. The van der Waals surface area contributed by atoms with E-state index in [1.165, 1.54) is 6.20 Å². The first-order valence-electron chi connectivity index (χ1n) is 6.83. The number of aromatic nitrogens is 3. The van der Waals surface area contributed by atoms with Crippen LogP contribution in [0.5, 0.6) is 0 Å². The van der Waals surface area contributed by atoms with Crippen molar-refractivity contribution in [3.63, 3.8) is 0 Å². The Kier molecular flexibility index (Phi) is 4.21. The van der Waals surface area contributed by atoms with Crippen LogP contribution in [0.2, 0.25) is 0 Å². The Labute approximate surface area is 122 Å². The van der Waals surface area contributed by atoms with Gasteiger partial charge in [0, 0.05) is 18.9 Å². The van der Waals surface area contributed by atoms with Crippen molar-refractivity contribution in [2.75, 3.05) is 6.54 Å². The smallest absolute Gasteiger partial charge is 0.311 e. The minimum absolute atomic E-state index is 0.0891. The van der Waals surface area contributed by atoms with Gasteiger partial charge in [0.2, 0.25) is 0 Å². The van der Waals surface area contributed by atoms with Crippen molar-refractivity contribution in [1.82, 2.24) is 19.9 Å². The Balaban J connectivity index is 2.17. The van der Waals surface area contributed by atoms with Gasteiger partial charge in [-0.3, -0.25) is 14.6 Å². The molecule has 0 unspecified atom stereocenters. The van der Waals surface area contributed by atoms with Crippen LogP contribution in [0.4, 0.5) is 0 Å². The lowest BCUT2D eigenvalue weighted by molar-refractivity contribution is -0.149. The highest BCUT2D eigenvalue weighted by Crippen LogP contribution is 2.25. The fourth-order valence-electron chi connectivity index (χ4n) is 2.23. The maximum atomic E-state index is 12.2. The first kappa shape index (κ1) is 15.0. The number of hydrogen-bond acceptors (Lipinski definition) is 4. The molecule has 2 N–H and O–H groups in total. The van der Waals surface area contributed by atoms with Crippen LogP contribution in [0.25, 0.3) is 5.52 Å². The van der Waals surface area contributed by atoms with Gasteiger partial charge in [-0.1, -0.05) is 13.8 Å². The summed E-state index contributed by atoms with van der Waals surface area (Å²) in [5, 5.41) is 16.1. The molecule has 2 aromatic rings. The van der Waals surface area contributed by atoms with Crippen molar-refractivity contribution in [1.29, 1.82) is 0 Å². The second kappa shape index (κ2) is 5.90. The zero-order valence-corrected chi connectivity index (χ0v) is 12.0. The summed E-state index contributed by atoms with van der Waals surface area (Å²) in [6.07, 6.45) is 7.13. The van der Waals surface area contributed by atoms with Gasteiger partial charge in [0.25, 0.3) is 5.91 Å². The van der Waals surface area contributed by atoms with Gasteiger partial charge in [0.1, 0.15) is 0 Å². The van der Waals surface area contributed by atoms with Crippen LogP contribution in [-0.2, 0) is 4.79 Å². The quantitative estimate of drug-likeness (QED) is 0.837. The first-order chi connectivity index (χ1) is 10.0. The molecular weight excluding hydrogens is 272 g/mol. The van der Waals surface area contributed by atoms with E-state index < -0.39 is 11.4 Å². The molecule has 2 heterocycles. The number of carbonyl (C=O) groups excluding carboxylic acids is 1. The van der Waals surface area contributed by atoms with E-state index in [-0.39, 0.29) is 12.5 Å². The molecule has 7 nitrogen and oxygen atoms in total. The van der Waals surface area contributed by atoms with Crippen molar-refractivity contribution in [3.8, 4) is 0 Å². The minimum Gasteiger partial charge on any atom is -0.481 e. The third-order valence-electron chi connectivity index (χ3n) is 3.96. The summed E-state index contributed by atoms with van der Waals surface area (Å²) in [7, 11) is 0. The van der Waals surface area contributed by atoms with E-state index in [1.807, 2.05) is 13.8 Å². The average molecular weight is 290 g/mol. The van der Waals surface area contributed by atoms with Crippen molar-refractivity contribution in [2.45, 2.75) is 26.7 Å². The van der Waals surface area contributed by atoms with Gasteiger partial charge in [0.15, 0.2) is 0 Å². The molecule has 0 saturated heterocycles. The fourth-order valence-corrected chi connectivity index (χ4v) is 2.23. The molecule has 2 aromatic heterocycles. The molecule has 0 aliphatic carbocycles.